The van der Waals surface area contributed by atoms with Crippen molar-refractivity contribution in [2.45, 2.75) is 31.2 Å². The summed E-state index contributed by atoms with van der Waals surface area (Å²) in [6.45, 7) is 4.02. The number of aromatic nitrogens is 5. The monoisotopic (exact) mass is 477 g/mol. The third-order valence-electron chi connectivity index (χ3n) is 5.16. The van der Waals surface area contributed by atoms with Gasteiger partial charge in [0.25, 0.3) is 5.56 Å². The highest BCUT2D eigenvalue weighted by Gasteiger charge is 2.18. The Labute approximate surface area is 197 Å². The number of imidazole rings is 1. The largest absolute Gasteiger partial charge is 0.284 e. The van der Waals surface area contributed by atoms with E-state index in [-0.39, 0.29) is 11.4 Å². The average Bonchev–Trinajstić information content (AvgIpc) is 3.43. The molecule has 3 heterocycles. The summed E-state index contributed by atoms with van der Waals surface area (Å²) in [6, 6.07) is 16.2. The number of hydrogen-bond donors (Lipinski definition) is 0. The van der Waals surface area contributed by atoms with Crippen LogP contribution < -0.4 is 5.56 Å². The van der Waals surface area contributed by atoms with Crippen LogP contribution in [0, 0.1) is 12.7 Å². The lowest BCUT2D eigenvalue weighted by atomic mass is 10.1. The van der Waals surface area contributed by atoms with Crippen LogP contribution in [0.5, 0.6) is 0 Å². The Balaban J connectivity index is 1.53. The molecule has 9 heteroatoms. The number of thioether (sulfide) groups is 1. The zero-order valence-electron chi connectivity index (χ0n) is 18.0. The van der Waals surface area contributed by atoms with Gasteiger partial charge in [0.2, 0.25) is 4.96 Å². The van der Waals surface area contributed by atoms with Gasteiger partial charge in [0, 0.05) is 17.4 Å². The number of para-hydroxylation sites is 1. The minimum Gasteiger partial charge on any atom is -0.284 e. The first kappa shape index (κ1) is 21.5. The van der Waals surface area contributed by atoms with E-state index < -0.39 is 0 Å². The summed E-state index contributed by atoms with van der Waals surface area (Å²) >= 11 is 2.82. The molecule has 33 heavy (non-hydrogen) atoms. The molecule has 3 aromatic heterocycles. The maximum absolute atomic E-state index is 14.8. The van der Waals surface area contributed by atoms with Crippen LogP contribution in [0.1, 0.15) is 23.2 Å². The van der Waals surface area contributed by atoms with Crippen molar-refractivity contribution in [1.29, 1.82) is 0 Å². The molecule has 0 radical (unpaired) electrons. The van der Waals surface area contributed by atoms with Crippen LogP contribution >= 0.6 is 23.1 Å². The fraction of sp³-hybridized carbons (Fsp3) is 0.167. The second-order valence-electron chi connectivity index (χ2n) is 7.50. The molecule has 5 aromatic rings. The topological polar surface area (TPSA) is 65.1 Å². The first-order chi connectivity index (χ1) is 16.0. The van der Waals surface area contributed by atoms with Gasteiger partial charge in [-0.1, -0.05) is 72.0 Å². The third kappa shape index (κ3) is 4.21. The maximum Gasteiger partial charge on any atom is 0.275 e. The number of aryl methyl sites for hydroxylation is 2. The van der Waals surface area contributed by atoms with Gasteiger partial charge in [-0.15, -0.1) is 0 Å². The van der Waals surface area contributed by atoms with Crippen molar-refractivity contribution in [2.24, 2.45) is 0 Å². The molecule has 0 unspecified atom stereocenters. The zero-order valence-corrected chi connectivity index (χ0v) is 19.7. The third-order valence-corrected chi connectivity index (χ3v) is 7.20. The molecular formula is C24H20FN5OS2. The van der Waals surface area contributed by atoms with Crippen LogP contribution in [0.15, 0.2) is 70.7 Å². The number of hydrogen-bond acceptors (Lipinski definition) is 6. The van der Waals surface area contributed by atoms with Crippen molar-refractivity contribution < 1.29 is 4.39 Å². The van der Waals surface area contributed by atoms with Crippen LogP contribution in [0.3, 0.4) is 0 Å². The quantitative estimate of drug-likeness (QED) is 0.310. The molecule has 0 bridgehead atoms. The Kier molecular flexibility index (Phi) is 5.82. The number of fused-ring (bicyclic) bond motifs is 1. The Hall–Kier alpha value is -3.30. The van der Waals surface area contributed by atoms with Gasteiger partial charge < -0.3 is 0 Å². The molecule has 0 amide bonds. The summed E-state index contributed by atoms with van der Waals surface area (Å²) in [6.07, 6.45) is 2.50. The van der Waals surface area contributed by atoms with Crippen molar-refractivity contribution in [2.75, 3.05) is 0 Å². The van der Waals surface area contributed by atoms with E-state index >= 15 is 0 Å². The normalized spacial score (nSPS) is 11.4. The van der Waals surface area contributed by atoms with Crippen molar-refractivity contribution in [1.82, 2.24) is 24.1 Å². The van der Waals surface area contributed by atoms with Crippen LogP contribution in [0.4, 0.5) is 4.39 Å². The molecule has 0 N–H and O–H groups in total. The smallest absolute Gasteiger partial charge is 0.275 e. The fourth-order valence-corrected chi connectivity index (χ4v) is 5.22. The van der Waals surface area contributed by atoms with E-state index in [1.54, 1.807) is 24.4 Å². The van der Waals surface area contributed by atoms with E-state index in [4.69, 9.17) is 0 Å². The summed E-state index contributed by atoms with van der Waals surface area (Å²) in [5.74, 6) is 0.0874. The van der Waals surface area contributed by atoms with Gasteiger partial charge in [-0.25, -0.2) is 14.4 Å². The molecule has 0 aliphatic heterocycles. The molecule has 0 spiro atoms. The first-order valence-electron chi connectivity index (χ1n) is 10.4. The van der Waals surface area contributed by atoms with Crippen molar-refractivity contribution in [3.8, 4) is 16.9 Å². The van der Waals surface area contributed by atoms with Crippen molar-refractivity contribution in [3.63, 3.8) is 0 Å². The van der Waals surface area contributed by atoms with E-state index in [0.717, 1.165) is 28.2 Å². The summed E-state index contributed by atoms with van der Waals surface area (Å²) in [4.78, 5) is 22.2. The SMILES string of the molecule is CCc1nn2c(=O)cc(CSc3ncc(-c4ccc(C)cc4)n3-c3ccccc3F)nc2s1. The number of nitrogens with zero attached hydrogens (tertiary/aromatic N) is 5. The Morgan fingerprint density at radius 3 is 2.67 bits per heavy atom. The predicted molar refractivity (Wildman–Crippen MR) is 130 cm³/mol. The molecule has 166 valence electrons. The lowest BCUT2D eigenvalue weighted by Gasteiger charge is -2.13. The molecule has 0 fully saturated rings. The Morgan fingerprint density at radius 1 is 1.12 bits per heavy atom. The number of rotatable bonds is 6. The molecule has 0 aliphatic carbocycles. The van der Waals surface area contributed by atoms with E-state index in [1.807, 2.05) is 42.7 Å². The highest BCUT2D eigenvalue weighted by Crippen LogP contribution is 2.32. The van der Waals surface area contributed by atoms with Gasteiger partial charge in [-0.05, 0) is 25.5 Å². The van der Waals surface area contributed by atoms with E-state index in [2.05, 4.69) is 15.1 Å². The number of halogens is 1. The lowest BCUT2D eigenvalue weighted by Crippen LogP contribution is -2.15. The molecule has 2 aromatic carbocycles. The van der Waals surface area contributed by atoms with Crippen LogP contribution in [-0.2, 0) is 12.2 Å². The summed E-state index contributed by atoms with van der Waals surface area (Å²) in [5, 5.41) is 5.78. The highest BCUT2D eigenvalue weighted by atomic mass is 32.2. The van der Waals surface area contributed by atoms with Crippen LogP contribution in [0.2, 0.25) is 0 Å². The van der Waals surface area contributed by atoms with Gasteiger partial charge in [-0.2, -0.15) is 9.61 Å². The minimum atomic E-state index is -0.333. The van der Waals surface area contributed by atoms with Gasteiger partial charge in [0.1, 0.15) is 10.8 Å². The molecule has 0 saturated carbocycles. The summed E-state index contributed by atoms with van der Waals surface area (Å²) in [7, 11) is 0. The highest BCUT2D eigenvalue weighted by molar-refractivity contribution is 7.98. The fourth-order valence-electron chi connectivity index (χ4n) is 3.48. The van der Waals surface area contributed by atoms with E-state index in [9.17, 15) is 9.18 Å². The van der Waals surface area contributed by atoms with E-state index in [0.29, 0.717) is 27.3 Å². The van der Waals surface area contributed by atoms with Crippen molar-refractivity contribution >= 4 is 28.1 Å². The predicted octanol–water partition coefficient (Wildman–Crippen LogP) is 5.31. The molecule has 0 atom stereocenters. The van der Waals surface area contributed by atoms with E-state index in [1.165, 1.54) is 39.7 Å². The van der Waals surface area contributed by atoms with Gasteiger partial charge >= 0.3 is 0 Å². The van der Waals surface area contributed by atoms with Crippen LogP contribution in [0.25, 0.3) is 21.9 Å². The maximum atomic E-state index is 14.8. The van der Waals surface area contributed by atoms with Gasteiger partial charge in [-0.3, -0.25) is 9.36 Å². The van der Waals surface area contributed by atoms with Crippen molar-refractivity contribution in [3.05, 3.63) is 93.2 Å². The Morgan fingerprint density at radius 2 is 1.91 bits per heavy atom. The molecule has 0 saturated heterocycles. The standard InChI is InChI=1S/C24H20FN5OS2/c1-3-21-28-30-22(31)12-17(27-24(30)33-21)14-32-23-26-13-20(16-10-8-15(2)9-11-16)29(23)19-7-5-4-6-18(19)25/h4-13H,3,14H2,1-2H3. The second-order valence-corrected chi connectivity index (χ2v) is 9.48. The summed E-state index contributed by atoms with van der Waals surface area (Å²) < 4.78 is 18.0. The average molecular weight is 478 g/mol. The lowest BCUT2D eigenvalue weighted by molar-refractivity contribution is 0.613. The molecule has 0 aliphatic rings. The zero-order chi connectivity index (χ0) is 22.9. The van der Waals surface area contributed by atoms with Crippen LogP contribution in [-0.4, -0.2) is 24.1 Å². The molecule has 5 rings (SSSR count). The first-order valence-corrected chi connectivity index (χ1v) is 12.2. The second kappa shape index (κ2) is 8.92. The summed E-state index contributed by atoms with van der Waals surface area (Å²) in [5.41, 5.74) is 3.73. The Bertz CT molecular complexity index is 1500. The van der Waals surface area contributed by atoms with Gasteiger partial charge in [0.05, 0.1) is 23.3 Å². The molecular weight excluding hydrogens is 457 g/mol. The minimum absolute atomic E-state index is 0.204. The molecule has 6 nitrogen and oxygen atoms in total. The van der Waals surface area contributed by atoms with Gasteiger partial charge in [0.15, 0.2) is 5.16 Å². The number of benzene rings is 2.